The molecule has 8 nitrogen and oxygen atoms in total. The zero-order valence-electron chi connectivity index (χ0n) is 15.4. The van der Waals surface area contributed by atoms with Gasteiger partial charge in [0.2, 0.25) is 5.91 Å². The molecule has 0 aliphatic carbocycles. The van der Waals surface area contributed by atoms with E-state index in [2.05, 4.69) is 20.0 Å². The third-order valence-electron chi connectivity index (χ3n) is 3.85. The molecule has 0 spiro atoms. The van der Waals surface area contributed by atoms with Crippen LogP contribution in [-0.4, -0.2) is 36.1 Å². The SMILES string of the molecule is COC(=O)Cc1csc(NC(=O)CCc2ncc(-c3ccc(OC)cc3)o2)n1. The minimum Gasteiger partial charge on any atom is -0.497 e. The zero-order valence-corrected chi connectivity index (χ0v) is 16.2. The summed E-state index contributed by atoms with van der Waals surface area (Å²) in [7, 11) is 2.93. The first kappa shape index (κ1) is 19.6. The van der Waals surface area contributed by atoms with E-state index in [1.54, 1.807) is 18.7 Å². The van der Waals surface area contributed by atoms with Gasteiger partial charge in [-0.25, -0.2) is 9.97 Å². The number of oxazole rings is 1. The van der Waals surface area contributed by atoms with Crippen molar-refractivity contribution in [2.45, 2.75) is 19.3 Å². The molecule has 0 aliphatic rings. The van der Waals surface area contributed by atoms with E-state index in [0.717, 1.165) is 11.3 Å². The number of rotatable bonds is 8. The minimum absolute atomic E-state index is 0.0767. The highest BCUT2D eigenvalue weighted by Gasteiger charge is 2.12. The number of nitrogens with one attached hydrogen (secondary N) is 1. The van der Waals surface area contributed by atoms with Gasteiger partial charge < -0.3 is 19.2 Å². The fourth-order valence-corrected chi connectivity index (χ4v) is 3.11. The second-order valence-corrected chi connectivity index (χ2v) is 6.65. The van der Waals surface area contributed by atoms with Gasteiger partial charge in [0.1, 0.15) is 5.75 Å². The zero-order chi connectivity index (χ0) is 19.9. The second kappa shape index (κ2) is 9.14. The number of hydrogen-bond donors (Lipinski definition) is 1. The molecule has 9 heteroatoms. The number of aromatic nitrogens is 2. The number of amides is 1. The molecule has 28 heavy (non-hydrogen) atoms. The van der Waals surface area contributed by atoms with Gasteiger partial charge in [-0.2, -0.15) is 0 Å². The van der Waals surface area contributed by atoms with Gasteiger partial charge in [0.15, 0.2) is 16.8 Å². The van der Waals surface area contributed by atoms with Crippen LogP contribution in [0.15, 0.2) is 40.3 Å². The van der Waals surface area contributed by atoms with Crippen LogP contribution in [-0.2, 0) is 27.2 Å². The maximum Gasteiger partial charge on any atom is 0.311 e. The first-order valence-electron chi connectivity index (χ1n) is 8.47. The molecule has 0 unspecified atom stereocenters. The van der Waals surface area contributed by atoms with Crippen LogP contribution in [0.2, 0.25) is 0 Å². The third-order valence-corrected chi connectivity index (χ3v) is 4.65. The largest absolute Gasteiger partial charge is 0.497 e. The van der Waals surface area contributed by atoms with Gasteiger partial charge in [-0.05, 0) is 24.3 Å². The lowest BCUT2D eigenvalue weighted by molar-refractivity contribution is -0.139. The van der Waals surface area contributed by atoms with Crippen LogP contribution in [0, 0.1) is 0 Å². The molecule has 1 amide bonds. The van der Waals surface area contributed by atoms with Crippen LogP contribution in [0.4, 0.5) is 5.13 Å². The minimum atomic E-state index is -0.375. The molecule has 0 fully saturated rings. The molecule has 3 rings (SSSR count). The van der Waals surface area contributed by atoms with Gasteiger partial charge in [-0.3, -0.25) is 9.59 Å². The van der Waals surface area contributed by atoms with Crippen LogP contribution >= 0.6 is 11.3 Å². The number of benzene rings is 1. The molecule has 0 radical (unpaired) electrons. The van der Waals surface area contributed by atoms with Crippen LogP contribution in [0.1, 0.15) is 18.0 Å². The summed E-state index contributed by atoms with van der Waals surface area (Å²) in [5.74, 6) is 1.29. The fourth-order valence-electron chi connectivity index (χ4n) is 2.38. The van der Waals surface area contributed by atoms with Gasteiger partial charge in [0.25, 0.3) is 0 Å². The molecular formula is C19H19N3O5S. The molecule has 0 aliphatic heterocycles. The second-order valence-electron chi connectivity index (χ2n) is 5.79. The summed E-state index contributed by atoms with van der Waals surface area (Å²) < 4.78 is 15.4. The molecule has 0 saturated heterocycles. The van der Waals surface area contributed by atoms with Crippen LogP contribution in [0.25, 0.3) is 11.3 Å². The van der Waals surface area contributed by atoms with Crippen molar-refractivity contribution < 1.29 is 23.5 Å². The molecule has 146 valence electrons. The summed E-state index contributed by atoms with van der Waals surface area (Å²) in [5, 5.41) is 4.86. The van der Waals surface area contributed by atoms with Crippen molar-refractivity contribution in [1.82, 2.24) is 9.97 Å². The van der Waals surface area contributed by atoms with Crippen molar-refractivity contribution >= 4 is 28.3 Å². The van der Waals surface area contributed by atoms with Crippen molar-refractivity contribution in [2.24, 2.45) is 0 Å². The van der Waals surface area contributed by atoms with Crippen LogP contribution < -0.4 is 10.1 Å². The smallest absolute Gasteiger partial charge is 0.311 e. The van der Waals surface area contributed by atoms with Gasteiger partial charge in [0.05, 0.1) is 32.5 Å². The van der Waals surface area contributed by atoms with Crippen molar-refractivity contribution in [1.29, 1.82) is 0 Å². The summed E-state index contributed by atoms with van der Waals surface area (Å²) >= 11 is 1.26. The van der Waals surface area contributed by atoms with Crippen molar-refractivity contribution in [3.63, 3.8) is 0 Å². The van der Waals surface area contributed by atoms with E-state index < -0.39 is 0 Å². The van der Waals surface area contributed by atoms with E-state index in [0.29, 0.717) is 28.9 Å². The number of anilines is 1. The summed E-state index contributed by atoms with van der Waals surface area (Å²) in [6.45, 7) is 0. The topological polar surface area (TPSA) is 104 Å². The van der Waals surface area contributed by atoms with E-state index in [1.807, 2.05) is 24.3 Å². The lowest BCUT2D eigenvalue weighted by Gasteiger charge is -2.01. The summed E-state index contributed by atoms with van der Waals surface area (Å²) in [4.78, 5) is 31.7. The standard InChI is InChI=1S/C19H19N3O5S/c1-25-14-5-3-12(4-6-14)15-10-20-17(27-15)8-7-16(23)22-19-21-13(11-28-19)9-18(24)26-2/h3-6,10-11H,7-9H2,1-2H3,(H,21,22,23). The van der Waals surface area contributed by atoms with E-state index >= 15 is 0 Å². The lowest BCUT2D eigenvalue weighted by Crippen LogP contribution is -2.12. The number of carbonyl (C=O) groups excluding carboxylic acids is 2. The van der Waals surface area contributed by atoms with E-state index in [9.17, 15) is 9.59 Å². The number of methoxy groups -OCH3 is 2. The lowest BCUT2D eigenvalue weighted by atomic mass is 10.2. The number of aryl methyl sites for hydroxylation is 1. The predicted molar refractivity (Wildman–Crippen MR) is 103 cm³/mol. The monoisotopic (exact) mass is 401 g/mol. The Morgan fingerprint density at radius 1 is 1.21 bits per heavy atom. The third kappa shape index (κ3) is 5.17. The van der Waals surface area contributed by atoms with E-state index in [-0.39, 0.29) is 24.7 Å². The highest BCUT2D eigenvalue weighted by Crippen LogP contribution is 2.23. The Morgan fingerprint density at radius 3 is 2.71 bits per heavy atom. The number of thiazole rings is 1. The maximum atomic E-state index is 12.1. The molecule has 1 aromatic carbocycles. The van der Waals surface area contributed by atoms with Crippen molar-refractivity contribution in [2.75, 3.05) is 19.5 Å². The number of esters is 1. The Hall–Kier alpha value is -3.20. The molecule has 3 aromatic rings. The first-order chi connectivity index (χ1) is 13.6. The Morgan fingerprint density at radius 2 is 2.00 bits per heavy atom. The van der Waals surface area contributed by atoms with Gasteiger partial charge in [-0.1, -0.05) is 0 Å². The average Bonchev–Trinajstić information content (AvgIpc) is 3.36. The number of nitrogens with zero attached hydrogens (tertiary/aromatic N) is 2. The summed E-state index contributed by atoms with van der Waals surface area (Å²) in [6, 6.07) is 7.44. The summed E-state index contributed by atoms with van der Waals surface area (Å²) in [6.07, 6.45) is 2.28. The normalized spacial score (nSPS) is 10.5. The first-order valence-corrected chi connectivity index (χ1v) is 9.35. The summed E-state index contributed by atoms with van der Waals surface area (Å²) in [5.41, 5.74) is 1.44. The number of hydrogen-bond acceptors (Lipinski definition) is 8. The molecular weight excluding hydrogens is 382 g/mol. The van der Waals surface area contributed by atoms with E-state index in [1.165, 1.54) is 18.4 Å². The van der Waals surface area contributed by atoms with Crippen LogP contribution in [0.5, 0.6) is 5.75 Å². The molecule has 2 aromatic heterocycles. The fraction of sp³-hybridized carbons (Fsp3) is 0.263. The van der Waals surface area contributed by atoms with Crippen LogP contribution in [0.3, 0.4) is 0 Å². The Kier molecular flexibility index (Phi) is 6.38. The van der Waals surface area contributed by atoms with Gasteiger partial charge in [0, 0.05) is 23.8 Å². The Bertz CT molecular complexity index is 949. The predicted octanol–water partition coefficient (Wildman–Crippen LogP) is 3.09. The molecule has 0 saturated carbocycles. The highest BCUT2D eigenvalue weighted by molar-refractivity contribution is 7.13. The van der Waals surface area contributed by atoms with Gasteiger partial charge in [-0.15, -0.1) is 11.3 Å². The molecule has 0 atom stereocenters. The molecule has 0 bridgehead atoms. The molecule has 1 N–H and O–H groups in total. The number of carbonyl (C=O) groups is 2. The van der Waals surface area contributed by atoms with E-state index in [4.69, 9.17) is 9.15 Å². The highest BCUT2D eigenvalue weighted by atomic mass is 32.1. The quantitative estimate of drug-likeness (QED) is 0.579. The van der Waals surface area contributed by atoms with Gasteiger partial charge >= 0.3 is 5.97 Å². The van der Waals surface area contributed by atoms with Crippen molar-refractivity contribution in [3.8, 4) is 17.1 Å². The average molecular weight is 401 g/mol. The number of ether oxygens (including phenoxy) is 2. The van der Waals surface area contributed by atoms with Crippen molar-refractivity contribution in [3.05, 3.63) is 47.4 Å². The Labute approximate surface area is 165 Å². The maximum absolute atomic E-state index is 12.1. The molecule has 2 heterocycles. The Balaban J connectivity index is 1.51.